The van der Waals surface area contributed by atoms with E-state index >= 15 is 0 Å². The van der Waals surface area contributed by atoms with Crippen LogP contribution in [0.15, 0.2) is 0 Å². The van der Waals surface area contributed by atoms with Gasteiger partial charge in [-0.1, -0.05) is 39.5 Å². The monoisotopic (exact) mass is 241 g/mol. The van der Waals surface area contributed by atoms with Gasteiger partial charge in [0, 0.05) is 13.2 Å². The molecule has 2 nitrogen and oxygen atoms in total. The van der Waals surface area contributed by atoms with Crippen molar-refractivity contribution in [2.24, 2.45) is 11.8 Å². The van der Waals surface area contributed by atoms with E-state index in [9.17, 15) is 0 Å². The van der Waals surface area contributed by atoms with Gasteiger partial charge in [-0.25, -0.2) is 0 Å². The maximum Gasteiger partial charge on any atom is 0.0489 e. The van der Waals surface area contributed by atoms with Crippen molar-refractivity contribution >= 4 is 0 Å². The lowest BCUT2D eigenvalue weighted by atomic mass is 10.0. The summed E-state index contributed by atoms with van der Waals surface area (Å²) >= 11 is 0. The van der Waals surface area contributed by atoms with Gasteiger partial charge in [0.25, 0.3) is 0 Å². The summed E-state index contributed by atoms with van der Waals surface area (Å²) in [4.78, 5) is 0. The van der Waals surface area contributed by atoms with Crippen molar-refractivity contribution in [3.05, 3.63) is 0 Å². The molecule has 1 N–H and O–H groups in total. The first kappa shape index (κ1) is 15.0. The molecular formula is C15H31NO. The van der Waals surface area contributed by atoms with Crippen LogP contribution < -0.4 is 5.32 Å². The number of rotatable bonds is 8. The molecule has 1 aliphatic rings. The average molecular weight is 241 g/mol. The first-order valence-corrected chi connectivity index (χ1v) is 7.57. The fraction of sp³-hybridized carbons (Fsp3) is 1.00. The summed E-state index contributed by atoms with van der Waals surface area (Å²) in [5, 5.41) is 3.59. The molecule has 102 valence electrons. The number of hydrogen-bond donors (Lipinski definition) is 1. The first-order chi connectivity index (χ1) is 8.29. The van der Waals surface area contributed by atoms with Crippen molar-refractivity contribution in [1.29, 1.82) is 0 Å². The third-order valence-electron chi connectivity index (χ3n) is 3.50. The zero-order chi connectivity index (χ0) is 12.3. The van der Waals surface area contributed by atoms with E-state index in [-0.39, 0.29) is 0 Å². The Morgan fingerprint density at radius 2 is 1.82 bits per heavy atom. The van der Waals surface area contributed by atoms with Crippen LogP contribution in [0.5, 0.6) is 0 Å². The highest BCUT2D eigenvalue weighted by Crippen LogP contribution is 2.21. The van der Waals surface area contributed by atoms with Gasteiger partial charge in [-0.3, -0.25) is 0 Å². The van der Waals surface area contributed by atoms with Crippen LogP contribution in [0.2, 0.25) is 0 Å². The first-order valence-electron chi connectivity index (χ1n) is 7.57. The predicted molar refractivity (Wildman–Crippen MR) is 74.3 cm³/mol. The van der Waals surface area contributed by atoms with Crippen LogP contribution in [-0.4, -0.2) is 26.3 Å². The Morgan fingerprint density at radius 3 is 2.47 bits per heavy atom. The van der Waals surface area contributed by atoms with Gasteiger partial charge in [0.1, 0.15) is 0 Å². The molecule has 2 heteroatoms. The molecule has 0 unspecified atom stereocenters. The van der Waals surface area contributed by atoms with Gasteiger partial charge in [-0.05, 0) is 44.2 Å². The van der Waals surface area contributed by atoms with Crippen molar-refractivity contribution in [1.82, 2.24) is 5.32 Å². The molecule has 0 bridgehead atoms. The second-order valence-electron chi connectivity index (χ2n) is 5.88. The van der Waals surface area contributed by atoms with Crippen molar-refractivity contribution in [2.75, 3.05) is 26.3 Å². The fourth-order valence-corrected chi connectivity index (χ4v) is 2.49. The Morgan fingerprint density at radius 1 is 1.12 bits per heavy atom. The SMILES string of the molecule is CC(C)COCCCNCC1CCCCCC1. The highest BCUT2D eigenvalue weighted by molar-refractivity contribution is 4.66. The molecule has 17 heavy (non-hydrogen) atoms. The molecule has 0 saturated heterocycles. The van der Waals surface area contributed by atoms with Crippen LogP contribution in [0.4, 0.5) is 0 Å². The normalized spacial score (nSPS) is 18.5. The van der Waals surface area contributed by atoms with Crippen LogP contribution in [0, 0.1) is 11.8 Å². The Labute approximate surface area is 108 Å². The predicted octanol–water partition coefficient (Wildman–Crippen LogP) is 3.61. The summed E-state index contributed by atoms with van der Waals surface area (Å²) in [5.74, 6) is 1.60. The van der Waals surface area contributed by atoms with Crippen molar-refractivity contribution in [2.45, 2.75) is 58.8 Å². The Balaban J connectivity index is 1.86. The van der Waals surface area contributed by atoms with E-state index in [1.807, 2.05) is 0 Å². The summed E-state index contributed by atoms with van der Waals surface area (Å²) in [6, 6.07) is 0. The highest BCUT2D eigenvalue weighted by Gasteiger charge is 2.11. The average Bonchev–Trinajstić information content (AvgIpc) is 2.56. The van der Waals surface area contributed by atoms with Crippen molar-refractivity contribution in [3.63, 3.8) is 0 Å². The maximum absolute atomic E-state index is 5.57. The summed E-state index contributed by atoms with van der Waals surface area (Å²) in [6.45, 7) is 8.56. The van der Waals surface area contributed by atoms with Crippen LogP contribution in [0.1, 0.15) is 58.8 Å². The molecule has 0 amide bonds. The minimum Gasteiger partial charge on any atom is -0.381 e. The minimum absolute atomic E-state index is 0.661. The van der Waals surface area contributed by atoms with E-state index in [2.05, 4.69) is 19.2 Å². The molecule has 1 fully saturated rings. The van der Waals surface area contributed by atoms with E-state index in [0.717, 1.165) is 32.1 Å². The number of nitrogens with one attached hydrogen (secondary N) is 1. The van der Waals surface area contributed by atoms with Crippen LogP contribution in [0.25, 0.3) is 0 Å². The van der Waals surface area contributed by atoms with Crippen LogP contribution in [-0.2, 0) is 4.74 Å². The highest BCUT2D eigenvalue weighted by atomic mass is 16.5. The van der Waals surface area contributed by atoms with Gasteiger partial charge < -0.3 is 10.1 Å². The molecule has 0 heterocycles. The quantitative estimate of drug-likeness (QED) is 0.518. The molecule has 1 rings (SSSR count). The molecule has 0 aromatic heterocycles. The zero-order valence-electron chi connectivity index (χ0n) is 11.8. The molecule has 1 aliphatic carbocycles. The van der Waals surface area contributed by atoms with E-state index in [4.69, 9.17) is 4.74 Å². The fourth-order valence-electron chi connectivity index (χ4n) is 2.49. The minimum atomic E-state index is 0.661. The molecule has 0 atom stereocenters. The van der Waals surface area contributed by atoms with E-state index < -0.39 is 0 Å². The third-order valence-corrected chi connectivity index (χ3v) is 3.50. The molecule has 0 aromatic rings. The van der Waals surface area contributed by atoms with E-state index in [1.165, 1.54) is 45.1 Å². The van der Waals surface area contributed by atoms with Gasteiger partial charge in [0.2, 0.25) is 0 Å². The lowest BCUT2D eigenvalue weighted by molar-refractivity contribution is 0.107. The maximum atomic E-state index is 5.57. The Hall–Kier alpha value is -0.0800. The Bertz CT molecular complexity index is 162. The van der Waals surface area contributed by atoms with Gasteiger partial charge in [0.05, 0.1) is 0 Å². The number of ether oxygens (including phenoxy) is 1. The van der Waals surface area contributed by atoms with E-state index in [1.54, 1.807) is 0 Å². The summed E-state index contributed by atoms with van der Waals surface area (Å²) in [7, 11) is 0. The van der Waals surface area contributed by atoms with E-state index in [0.29, 0.717) is 5.92 Å². The smallest absolute Gasteiger partial charge is 0.0489 e. The van der Waals surface area contributed by atoms with Crippen LogP contribution >= 0.6 is 0 Å². The summed E-state index contributed by atoms with van der Waals surface area (Å²) in [5.41, 5.74) is 0. The van der Waals surface area contributed by atoms with Gasteiger partial charge in [0.15, 0.2) is 0 Å². The number of hydrogen-bond acceptors (Lipinski definition) is 2. The Kier molecular flexibility index (Phi) is 8.72. The summed E-state index contributed by atoms with van der Waals surface area (Å²) in [6.07, 6.45) is 9.85. The lowest BCUT2D eigenvalue weighted by Gasteiger charge is -2.14. The van der Waals surface area contributed by atoms with Crippen molar-refractivity contribution in [3.8, 4) is 0 Å². The molecule has 0 spiro atoms. The molecular weight excluding hydrogens is 210 g/mol. The molecule has 0 aromatic carbocycles. The van der Waals surface area contributed by atoms with Gasteiger partial charge in [-0.2, -0.15) is 0 Å². The van der Waals surface area contributed by atoms with Gasteiger partial charge >= 0.3 is 0 Å². The lowest BCUT2D eigenvalue weighted by Crippen LogP contribution is -2.24. The molecule has 0 aliphatic heterocycles. The van der Waals surface area contributed by atoms with Crippen molar-refractivity contribution < 1.29 is 4.74 Å². The second-order valence-corrected chi connectivity index (χ2v) is 5.88. The summed E-state index contributed by atoms with van der Waals surface area (Å²) < 4.78 is 5.57. The third kappa shape index (κ3) is 8.62. The standard InChI is InChI=1S/C15H31NO/c1-14(2)13-17-11-7-10-16-12-15-8-5-3-4-6-9-15/h14-16H,3-13H2,1-2H3. The topological polar surface area (TPSA) is 21.3 Å². The molecule has 0 radical (unpaired) electrons. The van der Waals surface area contributed by atoms with Crippen LogP contribution in [0.3, 0.4) is 0 Å². The zero-order valence-corrected chi connectivity index (χ0v) is 11.8. The molecule has 1 saturated carbocycles. The van der Waals surface area contributed by atoms with Gasteiger partial charge in [-0.15, -0.1) is 0 Å². The largest absolute Gasteiger partial charge is 0.381 e. The second kappa shape index (κ2) is 9.90.